The van der Waals surface area contributed by atoms with Crippen LogP contribution in [0.2, 0.25) is 0 Å². The van der Waals surface area contributed by atoms with Crippen molar-refractivity contribution in [2.75, 3.05) is 0 Å². The molecule has 2 rings (SSSR count). The Bertz CT molecular complexity index is 714. The fraction of sp³-hybridized carbons (Fsp3) is 0.316. The Morgan fingerprint density at radius 1 is 0.810 bits per heavy atom. The number of aryl methyl sites for hydroxylation is 5. The Morgan fingerprint density at radius 2 is 1.38 bits per heavy atom. The number of benzene rings is 2. The molecule has 0 radical (unpaired) electrons. The lowest BCUT2D eigenvalue weighted by Gasteiger charge is -2.12. The van der Waals surface area contributed by atoms with E-state index in [0.29, 0.717) is 0 Å². The van der Waals surface area contributed by atoms with Crippen LogP contribution in [0.3, 0.4) is 0 Å². The molecule has 0 fully saturated rings. The second-order valence-electron chi connectivity index (χ2n) is 5.82. The second kappa shape index (κ2) is 6.07. The van der Waals surface area contributed by atoms with E-state index in [9.17, 15) is 4.79 Å². The summed E-state index contributed by atoms with van der Waals surface area (Å²) in [4.78, 5) is 14.3. The van der Waals surface area contributed by atoms with Crippen LogP contribution in [-0.2, 0) is 11.2 Å². The summed E-state index contributed by atoms with van der Waals surface area (Å²) in [7, 11) is 0. The molecule has 0 aliphatic carbocycles. The molecule has 0 N–H and O–H groups in total. The van der Waals surface area contributed by atoms with Gasteiger partial charge in [-0.3, -0.25) is 0 Å². The highest BCUT2D eigenvalue weighted by Gasteiger charge is 2.07. The van der Waals surface area contributed by atoms with Gasteiger partial charge in [0.25, 0.3) is 0 Å². The summed E-state index contributed by atoms with van der Waals surface area (Å²) in [6.07, 6.45) is 2.54. The van der Waals surface area contributed by atoms with Crippen molar-refractivity contribution in [3.05, 3.63) is 63.2 Å². The van der Waals surface area contributed by atoms with Crippen molar-refractivity contribution in [1.29, 1.82) is 0 Å². The van der Waals surface area contributed by atoms with E-state index >= 15 is 0 Å². The van der Waals surface area contributed by atoms with Crippen LogP contribution in [0.1, 0.15) is 38.9 Å². The van der Waals surface area contributed by atoms with Gasteiger partial charge in [0.15, 0.2) is 0 Å². The zero-order valence-electron chi connectivity index (χ0n) is 13.4. The molecule has 0 saturated carbocycles. The fourth-order valence-electron chi connectivity index (χ4n) is 2.80. The van der Waals surface area contributed by atoms with Gasteiger partial charge in [0.2, 0.25) is 6.08 Å². The Labute approximate surface area is 126 Å². The minimum absolute atomic E-state index is 0.741. The number of carbonyl (C=O) groups excluding carboxylic acids is 1. The van der Waals surface area contributed by atoms with Crippen molar-refractivity contribution in [3.63, 3.8) is 0 Å². The second-order valence-corrected chi connectivity index (χ2v) is 5.82. The number of hydrogen-bond donors (Lipinski definition) is 0. The van der Waals surface area contributed by atoms with E-state index in [1.54, 1.807) is 6.08 Å². The lowest BCUT2D eigenvalue weighted by atomic mass is 9.94. The maximum Gasteiger partial charge on any atom is 0.240 e. The van der Waals surface area contributed by atoms with Crippen molar-refractivity contribution in [2.45, 2.75) is 41.0 Å². The molecule has 2 aromatic rings. The SMILES string of the molecule is Cc1cc(C)c(Cc2cc(C)c(N=C=O)c(C)c2)cc1C. The van der Waals surface area contributed by atoms with Gasteiger partial charge in [-0.25, -0.2) is 4.79 Å². The highest BCUT2D eigenvalue weighted by Crippen LogP contribution is 2.27. The molecule has 2 nitrogen and oxygen atoms in total. The molecule has 0 aromatic heterocycles. The topological polar surface area (TPSA) is 29.4 Å². The van der Waals surface area contributed by atoms with Crippen molar-refractivity contribution in [2.24, 2.45) is 4.99 Å². The molecule has 0 bridgehead atoms. The normalized spacial score (nSPS) is 10.3. The minimum Gasteiger partial charge on any atom is -0.211 e. The Hall–Kier alpha value is -2.18. The summed E-state index contributed by atoms with van der Waals surface area (Å²) in [6.45, 7) is 10.4. The first-order valence-corrected chi connectivity index (χ1v) is 7.17. The highest BCUT2D eigenvalue weighted by molar-refractivity contribution is 5.59. The number of nitrogens with zero attached hydrogens (tertiary/aromatic N) is 1. The Balaban J connectivity index is 2.41. The number of rotatable bonds is 3. The van der Waals surface area contributed by atoms with Crippen LogP contribution in [-0.4, -0.2) is 6.08 Å². The maximum absolute atomic E-state index is 10.5. The molecule has 0 amide bonds. The van der Waals surface area contributed by atoms with Crippen molar-refractivity contribution < 1.29 is 4.79 Å². The van der Waals surface area contributed by atoms with Gasteiger partial charge in [-0.1, -0.05) is 24.3 Å². The average Bonchev–Trinajstić information content (AvgIpc) is 2.40. The van der Waals surface area contributed by atoms with Crippen LogP contribution in [0.4, 0.5) is 5.69 Å². The van der Waals surface area contributed by atoms with Gasteiger partial charge < -0.3 is 0 Å². The first-order chi connectivity index (χ1) is 9.92. The Morgan fingerprint density at radius 3 is 1.95 bits per heavy atom. The minimum atomic E-state index is 0.741. The van der Waals surface area contributed by atoms with Crippen LogP contribution in [0.25, 0.3) is 0 Å². The molecule has 0 aliphatic rings. The summed E-state index contributed by atoms with van der Waals surface area (Å²) in [6, 6.07) is 8.73. The predicted molar refractivity (Wildman–Crippen MR) is 87.2 cm³/mol. The van der Waals surface area contributed by atoms with E-state index in [1.165, 1.54) is 27.8 Å². The van der Waals surface area contributed by atoms with E-state index in [-0.39, 0.29) is 0 Å². The molecule has 0 unspecified atom stereocenters. The van der Waals surface area contributed by atoms with E-state index in [4.69, 9.17) is 0 Å². The van der Waals surface area contributed by atoms with Crippen LogP contribution in [0.5, 0.6) is 0 Å². The van der Waals surface area contributed by atoms with Crippen LogP contribution >= 0.6 is 0 Å². The summed E-state index contributed by atoms with van der Waals surface area (Å²) < 4.78 is 0. The van der Waals surface area contributed by atoms with Crippen molar-refractivity contribution in [1.82, 2.24) is 0 Å². The first-order valence-electron chi connectivity index (χ1n) is 7.17. The molecular weight excluding hydrogens is 258 g/mol. The molecule has 0 atom stereocenters. The average molecular weight is 279 g/mol. The number of aliphatic imine (C=N–C) groups is 1. The van der Waals surface area contributed by atoms with Crippen LogP contribution < -0.4 is 0 Å². The zero-order chi connectivity index (χ0) is 15.6. The summed E-state index contributed by atoms with van der Waals surface area (Å²) >= 11 is 0. The maximum atomic E-state index is 10.5. The predicted octanol–water partition coefficient (Wildman–Crippen LogP) is 4.79. The summed E-state index contributed by atoms with van der Waals surface area (Å²) in [5.74, 6) is 0. The van der Waals surface area contributed by atoms with E-state index in [0.717, 1.165) is 23.2 Å². The highest BCUT2D eigenvalue weighted by atomic mass is 16.1. The van der Waals surface area contributed by atoms with Crippen LogP contribution in [0.15, 0.2) is 29.3 Å². The summed E-state index contributed by atoms with van der Waals surface area (Å²) in [5.41, 5.74) is 9.37. The molecule has 108 valence electrons. The number of hydrogen-bond acceptors (Lipinski definition) is 2. The molecule has 0 heterocycles. The molecule has 21 heavy (non-hydrogen) atoms. The third kappa shape index (κ3) is 3.29. The zero-order valence-corrected chi connectivity index (χ0v) is 13.4. The van der Waals surface area contributed by atoms with Gasteiger partial charge in [-0.15, -0.1) is 0 Å². The quantitative estimate of drug-likeness (QED) is 0.587. The third-order valence-corrected chi connectivity index (χ3v) is 4.06. The lowest BCUT2D eigenvalue weighted by molar-refractivity contribution is 0.565. The van der Waals surface area contributed by atoms with Crippen molar-refractivity contribution >= 4 is 11.8 Å². The molecule has 2 heteroatoms. The van der Waals surface area contributed by atoms with Gasteiger partial charge in [-0.05, 0) is 80.0 Å². The van der Waals surface area contributed by atoms with E-state index < -0.39 is 0 Å². The van der Waals surface area contributed by atoms with Gasteiger partial charge in [0.05, 0.1) is 5.69 Å². The molecular formula is C19H21NO. The standard InChI is InChI=1S/C19H21NO/c1-12-6-14(3)18(9-13(12)2)10-17-7-15(4)19(20-11-21)16(5)8-17/h6-9H,10H2,1-5H3. The van der Waals surface area contributed by atoms with Crippen LogP contribution in [0, 0.1) is 34.6 Å². The van der Waals surface area contributed by atoms with Gasteiger partial charge in [0.1, 0.15) is 0 Å². The van der Waals surface area contributed by atoms with E-state index in [2.05, 4.69) is 50.0 Å². The smallest absolute Gasteiger partial charge is 0.211 e. The van der Waals surface area contributed by atoms with E-state index in [1.807, 2.05) is 13.8 Å². The Kier molecular flexibility index (Phi) is 4.40. The fourth-order valence-corrected chi connectivity index (χ4v) is 2.80. The first kappa shape index (κ1) is 15.2. The lowest BCUT2D eigenvalue weighted by Crippen LogP contribution is -1.96. The van der Waals surface area contributed by atoms with Crippen molar-refractivity contribution in [3.8, 4) is 0 Å². The third-order valence-electron chi connectivity index (χ3n) is 4.06. The molecule has 0 aliphatic heterocycles. The number of isocyanates is 1. The monoisotopic (exact) mass is 279 g/mol. The largest absolute Gasteiger partial charge is 0.240 e. The molecule has 0 spiro atoms. The van der Waals surface area contributed by atoms with Gasteiger partial charge >= 0.3 is 0 Å². The molecule has 2 aromatic carbocycles. The molecule has 0 saturated heterocycles. The van der Waals surface area contributed by atoms with Gasteiger partial charge in [-0.2, -0.15) is 4.99 Å². The van der Waals surface area contributed by atoms with Gasteiger partial charge in [0, 0.05) is 0 Å². The summed E-state index contributed by atoms with van der Waals surface area (Å²) in [5, 5.41) is 0.